The molecule has 0 saturated carbocycles. The van der Waals surface area contributed by atoms with E-state index in [1.807, 2.05) is 6.92 Å². The Bertz CT molecular complexity index is 404. The van der Waals surface area contributed by atoms with Gasteiger partial charge in [0.15, 0.2) is 6.61 Å². The van der Waals surface area contributed by atoms with Crippen molar-refractivity contribution in [1.82, 2.24) is 0 Å². The number of anilines is 2. The molecule has 0 fully saturated rings. The van der Waals surface area contributed by atoms with Gasteiger partial charge < -0.3 is 20.5 Å². The van der Waals surface area contributed by atoms with Gasteiger partial charge in [0, 0.05) is 12.1 Å². The molecular formula is C10H12N2O3. The SMILES string of the molecule is CCOc1cc2c(cc1N)OCC(=O)N2. The summed E-state index contributed by atoms with van der Waals surface area (Å²) >= 11 is 0. The predicted octanol–water partition coefficient (Wildman–Crippen LogP) is 0.998. The third-order valence-corrected chi connectivity index (χ3v) is 2.04. The van der Waals surface area contributed by atoms with E-state index in [1.54, 1.807) is 12.1 Å². The largest absolute Gasteiger partial charge is 0.492 e. The molecular weight excluding hydrogens is 196 g/mol. The lowest BCUT2D eigenvalue weighted by Gasteiger charge is -2.19. The lowest BCUT2D eigenvalue weighted by atomic mass is 10.2. The van der Waals surface area contributed by atoms with Crippen LogP contribution in [0.25, 0.3) is 0 Å². The van der Waals surface area contributed by atoms with Crippen LogP contribution in [0.5, 0.6) is 11.5 Å². The van der Waals surface area contributed by atoms with Crippen LogP contribution >= 0.6 is 0 Å². The number of hydrogen-bond acceptors (Lipinski definition) is 4. The van der Waals surface area contributed by atoms with Gasteiger partial charge in [0.05, 0.1) is 18.0 Å². The normalized spacial score (nSPS) is 13.8. The smallest absolute Gasteiger partial charge is 0.262 e. The Morgan fingerprint density at radius 3 is 3.13 bits per heavy atom. The van der Waals surface area contributed by atoms with Gasteiger partial charge in [-0.25, -0.2) is 0 Å². The minimum absolute atomic E-state index is 0.0282. The Hall–Kier alpha value is -1.91. The molecule has 1 aliphatic rings. The van der Waals surface area contributed by atoms with Crippen LogP contribution in [0.1, 0.15) is 6.92 Å². The van der Waals surface area contributed by atoms with Crippen LogP contribution in [0.3, 0.4) is 0 Å². The number of ether oxygens (including phenoxy) is 2. The number of carbonyl (C=O) groups excluding carboxylic acids is 1. The first-order chi connectivity index (χ1) is 7.20. The van der Waals surface area contributed by atoms with Crippen LogP contribution in [0.2, 0.25) is 0 Å². The number of benzene rings is 1. The van der Waals surface area contributed by atoms with Crippen LogP contribution in [0.4, 0.5) is 11.4 Å². The molecule has 0 saturated heterocycles. The molecule has 5 heteroatoms. The van der Waals surface area contributed by atoms with Crippen LogP contribution in [0.15, 0.2) is 12.1 Å². The van der Waals surface area contributed by atoms with Gasteiger partial charge >= 0.3 is 0 Å². The van der Waals surface area contributed by atoms with Gasteiger partial charge in [-0.2, -0.15) is 0 Å². The molecule has 2 rings (SSSR count). The van der Waals surface area contributed by atoms with Crippen molar-refractivity contribution in [2.45, 2.75) is 6.92 Å². The molecule has 1 amide bonds. The predicted molar refractivity (Wildman–Crippen MR) is 56.1 cm³/mol. The molecule has 1 aliphatic heterocycles. The number of nitrogens with one attached hydrogen (secondary N) is 1. The summed E-state index contributed by atoms with van der Waals surface area (Å²) in [6.07, 6.45) is 0. The highest BCUT2D eigenvalue weighted by Crippen LogP contribution is 2.36. The summed E-state index contributed by atoms with van der Waals surface area (Å²) in [6.45, 7) is 2.42. The Labute approximate surface area is 87.2 Å². The van der Waals surface area contributed by atoms with Crippen LogP contribution in [-0.2, 0) is 4.79 Å². The number of rotatable bonds is 2. The van der Waals surface area contributed by atoms with E-state index in [4.69, 9.17) is 15.2 Å². The molecule has 5 nitrogen and oxygen atoms in total. The first kappa shape index (κ1) is 9.64. The van der Waals surface area contributed by atoms with E-state index in [9.17, 15) is 4.79 Å². The summed E-state index contributed by atoms with van der Waals surface area (Å²) in [5, 5.41) is 2.69. The first-order valence-corrected chi connectivity index (χ1v) is 4.69. The van der Waals surface area contributed by atoms with Crippen molar-refractivity contribution in [3.05, 3.63) is 12.1 Å². The monoisotopic (exact) mass is 208 g/mol. The summed E-state index contributed by atoms with van der Waals surface area (Å²) < 4.78 is 10.5. The quantitative estimate of drug-likeness (QED) is 0.711. The van der Waals surface area contributed by atoms with E-state index in [0.717, 1.165) is 0 Å². The van der Waals surface area contributed by atoms with E-state index in [1.165, 1.54) is 0 Å². The molecule has 0 bridgehead atoms. The molecule has 80 valence electrons. The van der Waals surface area contributed by atoms with Crippen LogP contribution in [-0.4, -0.2) is 19.1 Å². The fraction of sp³-hybridized carbons (Fsp3) is 0.300. The van der Waals surface area contributed by atoms with E-state index < -0.39 is 0 Å². The summed E-state index contributed by atoms with van der Waals surface area (Å²) in [7, 11) is 0. The molecule has 0 unspecified atom stereocenters. The van der Waals surface area contributed by atoms with E-state index >= 15 is 0 Å². The fourth-order valence-corrected chi connectivity index (χ4v) is 1.40. The summed E-state index contributed by atoms with van der Waals surface area (Å²) in [4.78, 5) is 11.1. The third-order valence-electron chi connectivity index (χ3n) is 2.04. The van der Waals surface area contributed by atoms with Crippen molar-refractivity contribution >= 4 is 17.3 Å². The van der Waals surface area contributed by atoms with Gasteiger partial charge in [-0.1, -0.05) is 0 Å². The number of nitrogens with two attached hydrogens (primary N) is 1. The molecule has 3 N–H and O–H groups in total. The van der Waals surface area contributed by atoms with Crippen molar-refractivity contribution < 1.29 is 14.3 Å². The summed E-state index contributed by atoms with van der Waals surface area (Å²) in [5.74, 6) is 0.965. The molecule has 0 atom stereocenters. The standard InChI is InChI=1S/C10H12N2O3/c1-2-14-8-4-7-9(3-6(8)11)15-5-10(13)12-7/h3-4H,2,5,11H2,1H3,(H,12,13). The van der Waals surface area contributed by atoms with Crippen LogP contribution in [0, 0.1) is 0 Å². The second-order valence-electron chi connectivity index (χ2n) is 3.16. The van der Waals surface area contributed by atoms with Crippen molar-refractivity contribution in [2.24, 2.45) is 0 Å². The van der Waals surface area contributed by atoms with E-state index in [-0.39, 0.29) is 12.5 Å². The maximum absolute atomic E-state index is 11.1. The van der Waals surface area contributed by atoms with Gasteiger partial charge in [0.25, 0.3) is 5.91 Å². The average Bonchev–Trinajstić information content (AvgIpc) is 2.20. The van der Waals surface area contributed by atoms with Gasteiger partial charge in [-0.15, -0.1) is 0 Å². The Morgan fingerprint density at radius 2 is 2.40 bits per heavy atom. The number of carbonyl (C=O) groups is 1. The topological polar surface area (TPSA) is 73.6 Å². The molecule has 0 aliphatic carbocycles. The first-order valence-electron chi connectivity index (χ1n) is 4.69. The number of amides is 1. The second kappa shape index (κ2) is 3.68. The highest BCUT2D eigenvalue weighted by Gasteiger charge is 2.18. The molecule has 0 spiro atoms. The zero-order valence-electron chi connectivity index (χ0n) is 8.37. The minimum Gasteiger partial charge on any atom is -0.492 e. The minimum atomic E-state index is -0.172. The molecule has 0 aromatic heterocycles. The maximum Gasteiger partial charge on any atom is 0.262 e. The fourth-order valence-electron chi connectivity index (χ4n) is 1.40. The van der Waals surface area contributed by atoms with Crippen molar-refractivity contribution in [3.63, 3.8) is 0 Å². The Morgan fingerprint density at radius 1 is 1.60 bits per heavy atom. The molecule has 1 aromatic rings. The number of nitrogen functional groups attached to an aromatic ring is 1. The lowest BCUT2D eigenvalue weighted by Crippen LogP contribution is -2.25. The average molecular weight is 208 g/mol. The second-order valence-corrected chi connectivity index (χ2v) is 3.16. The number of hydrogen-bond donors (Lipinski definition) is 2. The molecule has 0 radical (unpaired) electrons. The zero-order chi connectivity index (χ0) is 10.8. The van der Waals surface area contributed by atoms with Crippen molar-refractivity contribution in [3.8, 4) is 11.5 Å². The van der Waals surface area contributed by atoms with Crippen molar-refractivity contribution in [1.29, 1.82) is 0 Å². The summed E-state index contributed by atoms with van der Waals surface area (Å²) in [5.41, 5.74) is 6.85. The highest BCUT2D eigenvalue weighted by molar-refractivity contribution is 5.96. The maximum atomic E-state index is 11.1. The summed E-state index contributed by atoms with van der Waals surface area (Å²) in [6, 6.07) is 3.32. The molecule has 1 aromatic carbocycles. The Balaban J connectivity index is 2.38. The van der Waals surface area contributed by atoms with Gasteiger partial charge in [0.2, 0.25) is 0 Å². The van der Waals surface area contributed by atoms with Gasteiger partial charge in [-0.3, -0.25) is 4.79 Å². The zero-order valence-corrected chi connectivity index (χ0v) is 8.37. The highest BCUT2D eigenvalue weighted by atomic mass is 16.5. The van der Waals surface area contributed by atoms with Crippen molar-refractivity contribution in [2.75, 3.05) is 24.3 Å². The van der Waals surface area contributed by atoms with Gasteiger partial charge in [-0.05, 0) is 6.92 Å². The number of fused-ring (bicyclic) bond motifs is 1. The molecule has 15 heavy (non-hydrogen) atoms. The van der Waals surface area contributed by atoms with E-state index in [2.05, 4.69) is 5.32 Å². The lowest BCUT2D eigenvalue weighted by molar-refractivity contribution is -0.118. The van der Waals surface area contributed by atoms with Gasteiger partial charge in [0.1, 0.15) is 11.5 Å². The molecule has 1 heterocycles. The third kappa shape index (κ3) is 1.81. The van der Waals surface area contributed by atoms with E-state index in [0.29, 0.717) is 29.5 Å². The Kier molecular flexibility index (Phi) is 2.37. The van der Waals surface area contributed by atoms with Crippen LogP contribution < -0.4 is 20.5 Å².